The third-order valence-corrected chi connectivity index (χ3v) is 6.55. The Hall–Kier alpha value is -2.89. The molecule has 4 rings (SSSR count). The summed E-state index contributed by atoms with van der Waals surface area (Å²) in [5.41, 5.74) is 2.07. The Kier molecular flexibility index (Phi) is 6.85. The number of hydrogen-bond acceptors (Lipinski definition) is 4. The van der Waals surface area contributed by atoms with Crippen molar-refractivity contribution < 1.29 is 14.3 Å². The zero-order chi connectivity index (χ0) is 21.6. The van der Waals surface area contributed by atoms with Gasteiger partial charge in [-0.1, -0.05) is 30.7 Å². The van der Waals surface area contributed by atoms with E-state index in [1.807, 2.05) is 47.2 Å². The van der Waals surface area contributed by atoms with E-state index in [4.69, 9.17) is 4.74 Å². The van der Waals surface area contributed by atoms with Crippen LogP contribution in [-0.2, 0) is 22.4 Å². The van der Waals surface area contributed by atoms with E-state index < -0.39 is 0 Å². The summed E-state index contributed by atoms with van der Waals surface area (Å²) in [6, 6.07) is 11.8. The Morgan fingerprint density at radius 1 is 1.10 bits per heavy atom. The van der Waals surface area contributed by atoms with Gasteiger partial charge in [0.25, 0.3) is 5.91 Å². The minimum Gasteiger partial charge on any atom is -0.483 e. The molecular formula is C25H31N3O3. The van der Waals surface area contributed by atoms with E-state index in [2.05, 4.69) is 11.1 Å². The number of amides is 2. The summed E-state index contributed by atoms with van der Waals surface area (Å²) < 4.78 is 5.90. The van der Waals surface area contributed by atoms with Gasteiger partial charge in [0.15, 0.2) is 6.61 Å². The van der Waals surface area contributed by atoms with Gasteiger partial charge in [-0.15, -0.1) is 0 Å². The van der Waals surface area contributed by atoms with Crippen molar-refractivity contribution in [1.82, 2.24) is 14.8 Å². The van der Waals surface area contributed by atoms with Crippen LogP contribution in [0.2, 0.25) is 0 Å². The Morgan fingerprint density at radius 2 is 1.94 bits per heavy atom. The largest absolute Gasteiger partial charge is 0.483 e. The van der Waals surface area contributed by atoms with Crippen molar-refractivity contribution in [3.8, 4) is 5.75 Å². The number of aryl methyl sites for hydroxylation is 1. The fourth-order valence-corrected chi connectivity index (χ4v) is 4.87. The summed E-state index contributed by atoms with van der Waals surface area (Å²) in [5, 5.41) is 0. The number of likely N-dealkylation sites (tertiary alicyclic amines) is 1. The molecule has 164 valence electrons. The Labute approximate surface area is 184 Å². The van der Waals surface area contributed by atoms with Gasteiger partial charge in [-0.2, -0.15) is 0 Å². The van der Waals surface area contributed by atoms with Gasteiger partial charge in [0.2, 0.25) is 5.91 Å². The van der Waals surface area contributed by atoms with Crippen LogP contribution in [0.25, 0.3) is 0 Å². The standard InChI is InChI=1S/C25H31N3O3/c1-27-21-12-7-15-28(24(29)16-19-8-6-14-26-17-19)22(21)11-4-2-9-20-10-3-5-13-23(20)31-18-25(27)30/h3,5-6,8,10,13-14,17,21-22H,2,4,7,9,11-12,15-16,18H2,1H3/t21-,22-/m1/s1. The molecule has 1 saturated heterocycles. The van der Waals surface area contributed by atoms with Crippen molar-refractivity contribution in [2.75, 3.05) is 20.2 Å². The molecule has 0 radical (unpaired) electrons. The van der Waals surface area contributed by atoms with Gasteiger partial charge in [0, 0.05) is 26.0 Å². The van der Waals surface area contributed by atoms with E-state index in [9.17, 15) is 9.59 Å². The number of fused-ring (bicyclic) bond motifs is 2. The van der Waals surface area contributed by atoms with Gasteiger partial charge in [-0.3, -0.25) is 14.6 Å². The van der Waals surface area contributed by atoms with Crippen LogP contribution in [-0.4, -0.2) is 58.9 Å². The van der Waals surface area contributed by atoms with Crippen molar-refractivity contribution in [2.24, 2.45) is 0 Å². The second kappa shape index (κ2) is 9.94. The lowest BCUT2D eigenvalue weighted by Gasteiger charge is -2.45. The number of ether oxygens (including phenoxy) is 1. The van der Waals surface area contributed by atoms with Crippen LogP contribution in [0, 0.1) is 0 Å². The van der Waals surface area contributed by atoms with Gasteiger partial charge >= 0.3 is 0 Å². The van der Waals surface area contributed by atoms with Crippen LogP contribution in [0.1, 0.15) is 43.2 Å². The normalized spacial score (nSPS) is 22.4. The zero-order valence-electron chi connectivity index (χ0n) is 18.2. The molecule has 1 fully saturated rings. The van der Waals surface area contributed by atoms with E-state index in [0.717, 1.165) is 61.9 Å². The fraction of sp³-hybridized carbons (Fsp3) is 0.480. The number of benzene rings is 1. The van der Waals surface area contributed by atoms with Gasteiger partial charge < -0.3 is 14.5 Å². The molecule has 1 aromatic carbocycles. The maximum Gasteiger partial charge on any atom is 0.260 e. The zero-order valence-corrected chi connectivity index (χ0v) is 18.2. The number of likely N-dealkylation sites (N-methyl/N-ethyl adjacent to an activating group) is 1. The van der Waals surface area contributed by atoms with E-state index in [1.165, 1.54) is 0 Å². The first-order valence-electron chi connectivity index (χ1n) is 11.3. The predicted molar refractivity (Wildman–Crippen MR) is 119 cm³/mol. The molecule has 3 heterocycles. The van der Waals surface area contributed by atoms with Crippen LogP contribution in [0.15, 0.2) is 48.8 Å². The molecule has 2 atom stereocenters. The summed E-state index contributed by atoms with van der Waals surface area (Å²) >= 11 is 0. The molecule has 0 spiro atoms. The highest BCUT2D eigenvalue weighted by Gasteiger charge is 2.37. The summed E-state index contributed by atoms with van der Waals surface area (Å²) in [6.07, 6.45) is 9.52. The average Bonchev–Trinajstić information content (AvgIpc) is 2.80. The highest BCUT2D eigenvalue weighted by molar-refractivity contribution is 5.80. The third kappa shape index (κ3) is 5.06. The topological polar surface area (TPSA) is 62.7 Å². The Balaban J connectivity index is 1.53. The number of aromatic nitrogens is 1. The minimum atomic E-state index is -0.0352. The van der Waals surface area contributed by atoms with Crippen molar-refractivity contribution >= 4 is 11.8 Å². The molecule has 0 aliphatic carbocycles. The lowest BCUT2D eigenvalue weighted by Crippen LogP contribution is -2.58. The van der Waals surface area contributed by atoms with Crippen LogP contribution in [0.5, 0.6) is 5.75 Å². The van der Waals surface area contributed by atoms with Gasteiger partial charge in [-0.25, -0.2) is 0 Å². The molecule has 6 heteroatoms. The Morgan fingerprint density at radius 3 is 2.77 bits per heavy atom. The van der Waals surface area contributed by atoms with Crippen molar-refractivity contribution in [1.29, 1.82) is 0 Å². The molecule has 2 aliphatic rings. The van der Waals surface area contributed by atoms with Crippen molar-refractivity contribution in [3.63, 3.8) is 0 Å². The maximum atomic E-state index is 13.2. The minimum absolute atomic E-state index is 0.0253. The molecule has 6 nitrogen and oxygen atoms in total. The van der Waals surface area contributed by atoms with E-state index in [0.29, 0.717) is 6.42 Å². The lowest BCUT2D eigenvalue weighted by molar-refractivity contribution is -0.143. The molecule has 0 bridgehead atoms. The van der Waals surface area contributed by atoms with Gasteiger partial charge in [0.1, 0.15) is 5.75 Å². The van der Waals surface area contributed by atoms with E-state index in [1.54, 1.807) is 12.4 Å². The number of para-hydroxylation sites is 1. The number of carbonyl (C=O) groups excluding carboxylic acids is 2. The van der Waals surface area contributed by atoms with E-state index in [-0.39, 0.29) is 30.5 Å². The van der Waals surface area contributed by atoms with Crippen LogP contribution in [0.4, 0.5) is 0 Å². The molecule has 1 aromatic heterocycles. The van der Waals surface area contributed by atoms with Crippen LogP contribution in [0.3, 0.4) is 0 Å². The summed E-state index contributed by atoms with van der Waals surface area (Å²) in [7, 11) is 1.86. The quantitative estimate of drug-likeness (QED) is 0.747. The van der Waals surface area contributed by atoms with Gasteiger partial charge in [-0.05, 0) is 55.4 Å². The average molecular weight is 422 g/mol. The SMILES string of the molecule is CN1C(=O)COc2ccccc2CCCC[C@@H]2[C@H]1CCCN2C(=O)Cc1cccnc1. The second-order valence-corrected chi connectivity index (χ2v) is 8.55. The number of carbonyl (C=O) groups is 2. The first-order chi connectivity index (χ1) is 15.1. The van der Waals surface area contributed by atoms with Crippen molar-refractivity contribution in [2.45, 2.75) is 57.0 Å². The number of nitrogens with zero attached hydrogens (tertiary/aromatic N) is 3. The molecule has 2 aliphatic heterocycles. The predicted octanol–water partition coefficient (Wildman–Crippen LogP) is 3.25. The van der Waals surface area contributed by atoms with Crippen LogP contribution < -0.4 is 4.74 Å². The Bertz CT molecular complexity index is 902. The molecule has 2 aromatic rings. The highest BCUT2D eigenvalue weighted by atomic mass is 16.5. The third-order valence-electron chi connectivity index (χ3n) is 6.55. The lowest BCUT2D eigenvalue weighted by atomic mass is 9.89. The first-order valence-corrected chi connectivity index (χ1v) is 11.3. The summed E-state index contributed by atoms with van der Waals surface area (Å²) in [6.45, 7) is 0.780. The smallest absolute Gasteiger partial charge is 0.260 e. The maximum absolute atomic E-state index is 13.2. The summed E-state index contributed by atoms with van der Waals surface area (Å²) in [4.78, 5) is 34.1. The van der Waals surface area contributed by atoms with Crippen molar-refractivity contribution in [3.05, 3.63) is 59.9 Å². The monoisotopic (exact) mass is 421 g/mol. The molecule has 31 heavy (non-hydrogen) atoms. The number of pyridine rings is 1. The molecule has 2 amide bonds. The van der Waals surface area contributed by atoms with Crippen LogP contribution >= 0.6 is 0 Å². The fourth-order valence-electron chi connectivity index (χ4n) is 4.87. The molecule has 0 unspecified atom stereocenters. The molecule has 0 N–H and O–H groups in total. The molecular weight excluding hydrogens is 390 g/mol. The number of piperidine rings is 1. The van der Waals surface area contributed by atoms with E-state index >= 15 is 0 Å². The molecule has 0 saturated carbocycles. The number of rotatable bonds is 2. The second-order valence-electron chi connectivity index (χ2n) is 8.55. The first kappa shape index (κ1) is 21.3. The van der Waals surface area contributed by atoms with Gasteiger partial charge in [0.05, 0.1) is 18.5 Å². The summed E-state index contributed by atoms with van der Waals surface area (Å²) in [5.74, 6) is 0.891. The highest BCUT2D eigenvalue weighted by Crippen LogP contribution is 2.29. The number of hydrogen-bond donors (Lipinski definition) is 0.